The number of hydrogen-bond donors (Lipinski definition) is 2. The first-order valence-electron chi connectivity index (χ1n) is 5.59. The molecule has 0 fully saturated rings. The van der Waals surface area contributed by atoms with E-state index in [1.807, 2.05) is 6.26 Å². The molecule has 0 spiro atoms. The lowest BCUT2D eigenvalue weighted by molar-refractivity contribution is -0.106. The molecular weight excluding hydrogens is 314 g/mol. The van der Waals surface area contributed by atoms with E-state index in [9.17, 15) is 4.79 Å². The van der Waals surface area contributed by atoms with E-state index in [4.69, 9.17) is 22.7 Å². The Morgan fingerprint density at radius 3 is 2.60 bits per heavy atom. The van der Waals surface area contributed by atoms with E-state index in [0.717, 1.165) is 16.3 Å². The van der Waals surface area contributed by atoms with Gasteiger partial charge in [-0.15, -0.1) is 23.1 Å². The number of hydrogen-bond acceptors (Lipinski definition) is 4. The van der Waals surface area contributed by atoms with Gasteiger partial charge in [-0.1, -0.05) is 11.6 Å². The second kappa shape index (κ2) is 6.30. The van der Waals surface area contributed by atoms with Crippen LogP contribution in [-0.4, -0.2) is 18.5 Å². The highest BCUT2D eigenvalue weighted by Gasteiger charge is 2.17. The lowest BCUT2D eigenvalue weighted by Crippen LogP contribution is -2.14. The Kier molecular flexibility index (Phi) is 4.69. The average Bonchev–Trinajstić information content (AvgIpc) is 2.86. The number of thioether (sulfide) groups is 1. The standard InChI is InChI=1S/C13H12ClN3OS2/c1-19-13-10(6-11(20-13)12(15)16)17(7-18)9-4-2-8(14)3-5-9/h2-7H,1H3,(H3,15,16). The molecule has 1 aromatic heterocycles. The van der Waals surface area contributed by atoms with Crippen molar-refractivity contribution >= 4 is 58.3 Å². The Hall–Kier alpha value is -1.50. The molecule has 0 aliphatic heterocycles. The first-order chi connectivity index (χ1) is 9.56. The summed E-state index contributed by atoms with van der Waals surface area (Å²) in [5, 5.41) is 8.12. The van der Waals surface area contributed by atoms with Crippen LogP contribution in [0.15, 0.2) is 34.5 Å². The van der Waals surface area contributed by atoms with E-state index in [2.05, 4.69) is 0 Å². The molecule has 0 saturated heterocycles. The van der Waals surface area contributed by atoms with Gasteiger partial charge in [0.25, 0.3) is 0 Å². The van der Waals surface area contributed by atoms with Crippen LogP contribution in [0.1, 0.15) is 4.88 Å². The van der Waals surface area contributed by atoms with Crippen LogP contribution in [0.3, 0.4) is 0 Å². The van der Waals surface area contributed by atoms with Gasteiger partial charge in [0, 0.05) is 10.7 Å². The molecule has 0 saturated carbocycles. The highest BCUT2D eigenvalue weighted by atomic mass is 35.5. The summed E-state index contributed by atoms with van der Waals surface area (Å²) in [6.07, 6.45) is 2.67. The molecular formula is C13H12ClN3OS2. The molecule has 0 unspecified atom stereocenters. The molecule has 2 rings (SSSR count). The fraction of sp³-hybridized carbons (Fsp3) is 0.0769. The van der Waals surface area contributed by atoms with Crippen molar-refractivity contribution in [2.24, 2.45) is 5.73 Å². The molecule has 20 heavy (non-hydrogen) atoms. The summed E-state index contributed by atoms with van der Waals surface area (Å²) in [6, 6.07) is 8.74. The van der Waals surface area contributed by atoms with Gasteiger partial charge in [0.05, 0.1) is 14.8 Å². The maximum atomic E-state index is 11.4. The van der Waals surface area contributed by atoms with E-state index in [1.54, 1.807) is 30.3 Å². The number of thiophene rings is 1. The molecule has 4 nitrogen and oxygen atoms in total. The smallest absolute Gasteiger partial charge is 0.218 e. The molecule has 0 aliphatic carbocycles. The molecule has 2 aromatic rings. The fourth-order valence-electron chi connectivity index (χ4n) is 1.67. The van der Waals surface area contributed by atoms with Crippen LogP contribution in [0.4, 0.5) is 11.4 Å². The first-order valence-corrected chi connectivity index (χ1v) is 8.01. The van der Waals surface area contributed by atoms with E-state index < -0.39 is 0 Å². The number of amidine groups is 1. The van der Waals surface area contributed by atoms with Crippen LogP contribution in [0.25, 0.3) is 0 Å². The zero-order valence-electron chi connectivity index (χ0n) is 10.6. The Bertz CT molecular complexity index is 640. The Balaban J connectivity index is 2.48. The number of rotatable bonds is 5. The molecule has 0 radical (unpaired) electrons. The van der Waals surface area contributed by atoms with E-state index in [1.165, 1.54) is 28.0 Å². The van der Waals surface area contributed by atoms with Crippen LogP contribution in [-0.2, 0) is 4.79 Å². The number of benzene rings is 1. The summed E-state index contributed by atoms with van der Waals surface area (Å²) >= 11 is 8.77. The predicted octanol–water partition coefficient (Wildman–Crippen LogP) is 3.70. The van der Waals surface area contributed by atoms with Gasteiger partial charge in [-0.05, 0) is 36.6 Å². The summed E-state index contributed by atoms with van der Waals surface area (Å²) in [5.41, 5.74) is 6.95. The van der Waals surface area contributed by atoms with Crippen molar-refractivity contribution in [1.82, 2.24) is 0 Å². The summed E-state index contributed by atoms with van der Waals surface area (Å²) < 4.78 is 0.928. The van der Waals surface area contributed by atoms with Crippen molar-refractivity contribution in [3.63, 3.8) is 0 Å². The van der Waals surface area contributed by atoms with Crippen molar-refractivity contribution in [3.8, 4) is 0 Å². The number of amides is 1. The SMILES string of the molecule is CSc1sc(C(=N)N)cc1N(C=O)c1ccc(Cl)cc1. The van der Waals surface area contributed by atoms with Crippen molar-refractivity contribution in [2.45, 2.75) is 4.21 Å². The number of carbonyl (C=O) groups excluding carboxylic acids is 1. The number of anilines is 2. The number of nitrogens with two attached hydrogens (primary N) is 1. The minimum absolute atomic E-state index is 0.00138. The molecule has 0 bridgehead atoms. The Morgan fingerprint density at radius 1 is 1.45 bits per heavy atom. The van der Waals surface area contributed by atoms with E-state index in [-0.39, 0.29) is 5.84 Å². The monoisotopic (exact) mass is 325 g/mol. The minimum atomic E-state index is -0.00138. The van der Waals surface area contributed by atoms with Crippen molar-refractivity contribution in [1.29, 1.82) is 5.41 Å². The van der Waals surface area contributed by atoms with Crippen LogP contribution in [0, 0.1) is 5.41 Å². The number of nitrogen functional groups attached to an aromatic ring is 1. The molecule has 104 valence electrons. The molecule has 7 heteroatoms. The van der Waals surface area contributed by atoms with Crippen LogP contribution < -0.4 is 10.6 Å². The normalized spacial score (nSPS) is 10.3. The second-order valence-corrected chi connectivity index (χ2v) is 6.42. The highest BCUT2D eigenvalue weighted by molar-refractivity contribution is 8.00. The third-order valence-electron chi connectivity index (χ3n) is 2.60. The van der Waals surface area contributed by atoms with Gasteiger partial charge in [0.15, 0.2) is 0 Å². The van der Waals surface area contributed by atoms with Crippen molar-refractivity contribution in [2.75, 3.05) is 11.2 Å². The first kappa shape index (κ1) is 14.9. The Morgan fingerprint density at radius 2 is 2.10 bits per heavy atom. The number of nitrogens with zero attached hydrogens (tertiary/aromatic N) is 1. The number of carbonyl (C=O) groups is 1. The van der Waals surface area contributed by atoms with Gasteiger partial charge in [-0.25, -0.2) is 0 Å². The molecule has 1 amide bonds. The van der Waals surface area contributed by atoms with Gasteiger partial charge in [0.2, 0.25) is 6.41 Å². The largest absolute Gasteiger partial charge is 0.383 e. The van der Waals surface area contributed by atoms with Crippen LogP contribution >= 0.6 is 34.7 Å². The topological polar surface area (TPSA) is 70.2 Å². The van der Waals surface area contributed by atoms with E-state index >= 15 is 0 Å². The molecule has 0 aliphatic rings. The van der Waals surface area contributed by atoms with Crippen LogP contribution in [0.2, 0.25) is 5.02 Å². The summed E-state index contributed by atoms with van der Waals surface area (Å²) in [6.45, 7) is 0. The lowest BCUT2D eigenvalue weighted by Gasteiger charge is -2.17. The predicted molar refractivity (Wildman–Crippen MR) is 86.8 cm³/mol. The maximum absolute atomic E-state index is 11.4. The fourth-order valence-corrected chi connectivity index (χ4v) is 3.51. The summed E-state index contributed by atoms with van der Waals surface area (Å²) in [5.74, 6) is -0.00138. The van der Waals surface area contributed by atoms with Gasteiger partial charge >= 0.3 is 0 Å². The average molecular weight is 326 g/mol. The zero-order chi connectivity index (χ0) is 14.7. The molecule has 1 aromatic carbocycles. The second-order valence-electron chi connectivity index (χ2n) is 3.85. The summed E-state index contributed by atoms with van der Waals surface area (Å²) in [4.78, 5) is 13.6. The lowest BCUT2D eigenvalue weighted by atomic mass is 10.3. The quantitative estimate of drug-likeness (QED) is 0.381. The van der Waals surface area contributed by atoms with Gasteiger partial charge in [-0.3, -0.25) is 15.1 Å². The minimum Gasteiger partial charge on any atom is -0.383 e. The molecule has 0 atom stereocenters. The highest BCUT2D eigenvalue weighted by Crippen LogP contribution is 2.39. The van der Waals surface area contributed by atoms with Gasteiger partial charge in [-0.2, -0.15) is 0 Å². The summed E-state index contributed by atoms with van der Waals surface area (Å²) in [7, 11) is 0. The molecule has 1 heterocycles. The molecule has 3 N–H and O–H groups in total. The maximum Gasteiger partial charge on any atom is 0.218 e. The van der Waals surface area contributed by atoms with Crippen LogP contribution in [0.5, 0.6) is 0 Å². The third-order valence-corrected chi connectivity index (χ3v) is 5.13. The third kappa shape index (κ3) is 2.98. The zero-order valence-corrected chi connectivity index (χ0v) is 13.0. The number of nitrogens with one attached hydrogen (secondary N) is 1. The van der Waals surface area contributed by atoms with E-state index in [0.29, 0.717) is 15.6 Å². The van der Waals surface area contributed by atoms with Crippen molar-refractivity contribution in [3.05, 3.63) is 40.2 Å². The Labute approximate surface area is 130 Å². The van der Waals surface area contributed by atoms with Gasteiger partial charge < -0.3 is 5.73 Å². The van der Waals surface area contributed by atoms with Crippen molar-refractivity contribution < 1.29 is 4.79 Å². The van der Waals surface area contributed by atoms with Gasteiger partial charge in [0.1, 0.15) is 5.84 Å². The number of halogens is 1.